The van der Waals surface area contributed by atoms with E-state index in [0.717, 1.165) is 0 Å². The molecule has 2 aromatic rings. The molecule has 31 heavy (non-hydrogen) atoms. The summed E-state index contributed by atoms with van der Waals surface area (Å²) < 4.78 is 31.0. The summed E-state index contributed by atoms with van der Waals surface area (Å²) in [5.41, 5.74) is 1.15. The topological polar surface area (TPSA) is 68.3 Å². The Kier molecular flexibility index (Phi) is 5.82. The van der Waals surface area contributed by atoms with E-state index in [2.05, 4.69) is 0 Å². The minimum absolute atomic E-state index is 0.177. The number of fused-ring (bicyclic) bond motifs is 1. The first-order valence-corrected chi connectivity index (χ1v) is 10.1. The number of rotatable bonds is 4. The van der Waals surface area contributed by atoms with Crippen molar-refractivity contribution in [2.45, 2.75) is 12.0 Å². The summed E-state index contributed by atoms with van der Waals surface area (Å²) >= 11 is 0. The zero-order valence-electron chi connectivity index (χ0n) is 17.8. The van der Waals surface area contributed by atoms with E-state index >= 15 is 0 Å². The summed E-state index contributed by atoms with van der Waals surface area (Å²) in [5, 5.41) is 0. The molecule has 0 aliphatic carbocycles. The summed E-state index contributed by atoms with van der Waals surface area (Å²) in [5.74, 6) is -0.946. The second-order valence-corrected chi connectivity index (χ2v) is 7.59. The van der Waals surface area contributed by atoms with Crippen molar-refractivity contribution in [3.8, 4) is 11.5 Å². The zero-order chi connectivity index (χ0) is 22.1. The number of amides is 2. The van der Waals surface area contributed by atoms with Crippen LogP contribution >= 0.6 is 0 Å². The minimum atomic E-state index is -0.799. The number of hydrogen-bond acceptors (Lipinski definition) is 5. The van der Waals surface area contributed by atoms with E-state index in [4.69, 9.17) is 14.2 Å². The fourth-order valence-electron chi connectivity index (χ4n) is 4.40. The Morgan fingerprint density at radius 2 is 1.71 bits per heavy atom. The Labute approximate surface area is 180 Å². The van der Waals surface area contributed by atoms with Gasteiger partial charge < -0.3 is 24.0 Å². The Morgan fingerprint density at radius 3 is 2.35 bits per heavy atom. The number of likely N-dealkylation sites (N-methyl/N-ethyl adjacent to an activating group) is 1. The predicted octanol–water partition coefficient (Wildman–Crippen LogP) is 2.61. The van der Waals surface area contributed by atoms with Gasteiger partial charge in [0.05, 0.1) is 39.4 Å². The molecule has 2 aromatic carbocycles. The van der Waals surface area contributed by atoms with Crippen molar-refractivity contribution < 1.29 is 28.2 Å². The summed E-state index contributed by atoms with van der Waals surface area (Å²) in [4.78, 5) is 30.2. The SMILES string of the molecule is COc1cc2c(cc1OC)C(C(=O)N1CCOCC1)C(c1ccccc1F)N(C)C2=O. The van der Waals surface area contributed by atoms with Crippen LogP contribution in [0.2, 0.25) is 0 Å². The molecule has 0 N–H and O–H groups in total. The van der Waals surface area contributed by atoms with Crippen molar-refractivity contribution in [1.82, 2.24) is 9.80 Å². The maximum absolute atomic E-state index is 14.9. The van der Waals surface area contributed by atoms with Crippen LogP contribution in [-0.4, -0.2) is 69.2 Å². The van der Waals surface area contributed by atoms with Crippen molar-refractivity contribution in [3.63, 3.8) is 0 Å². The molecule has 7 nitrogen and oxygen atoms in total. The molecule has 1 fully saturated rings. The van der Waals surface area contributed by atoms with E-state index in [-0.39, 0.29) is 11.8 Å². The maximum atomic E-state index is 14.9. The number of benzene rings is 2. The third-order valence-electron chi connectivity index (χ3n) is 5.99. The first-order chi connectivity index (χ1) is 15.0. The first kappa shape index (κ1) is 21.1. The Morgan fingerprint density at radius 1 is 1.06 bits per heavy atom. The second-order valence-electron chi connectivity index (χ2n) is 7.59. The van der Waals surface area contributed by atoms with E-state index in [1.54, 1.807) is 42.3 Å². The van der Waals surface area contributed by atoms with Gasteiger partial charge >= 0.3 is 0 Å². The molecule has 0 aromatic heterocycles. The van der Waals surface area contributed by atoms with Gasteiger partial charge in [0.15, 0.2) is 11.5 Å². The van der Waals surface area contributed by atoms with Crippen LogP contribution in [0.1, 0.15) is 33.4 Å². The van der Waals surface area contributed by atoms with E-state index in [0.29, 0.717) is 54.5 Å². The quantitative estimate of drug-likeness (QED) is 0.749. The lowest BCUT2D eigenvalue weighted by Gasteiger charge is -2.42. The lowest BCUT2D eigenvalue weighted by molar-refractivity contribution is -0.138. The summed E-state index contributed by atoms with van der Waals surface area (Å²) in [6.45, 7) is 1.77. The Balaban J connectivity index is 1.92. The van der Waals surface area contributed by atoms with E-state index < -0.39 is 17.8 Å². The van der Waals surface area contributed by atoms with Gasteiger partial charge in [-0.15, -0.1) is 0 Å². The normalized spacial score (nSPS) is 21.0. The standard InChI is InChI=1S/C23H25FN2O5/c1-25-21(14-6-4-5-7-17(14)24)20(23(28)26-8-10-31-11-9-26)15-12-18(29-2)19(30-3)13-16(15)22(25)27/h4-7,12-13,20-21H,8-11H2,1-3H3. The van der Waals surface area contributed by atoms with Gasteiger partial charge in [-0.3, -0.25) is 9.59 Å². The smallest absolute Gasteiger partial charge is 0.254 e. The number of nitrogens with zero attached hydrogens (tertiary/aromatic N) is 2. The Bertz CT molecular complexity index is 1010. The van der Waals surface area contributed by atoms with Crippen LogP contribution in [0.4, 0.5) is 4.39 Å². The first-order valence-electron chi connectivity index (χ1n) is 10.1. The fourth-order valence-corrected chi connectivity index (χ4v) is 4.40. The van der Waals surface area contributed by atoms with E-state index in [1.807, 2.05) is 0 Å². The predicted molar refractivity (Wildman–Crippen MR) is 111 cm³/mol. The molecule has 0 spiro atoms. The van der Waals surface area contributed by atoms with Crippen LogP contribution in [0.25, 0.3) is 0 Å². The summed E-state index contributed by atoms with van der Waals surface area (Å²) in [6, 6.07) is 8.71. The second kappa shape index (κ2) is 8.55. The lowest BCUT2D eigenvalue weighted by Crippen LogP contribution is -2.49. The third kappa shape index (κ3) is 3.61. The van der Waals surface area contributed by atoms with Crippen LogP contribution in [0, 0.1) is 5.82 Å². The lowest BCUT2D eigenvalue weighted by atomic mass is 9.78. The number of halogens is 1. The molecular formula is C23H25FN2O5. The van der Waals surface area contributed by atoms with E-state index in [1.165, 1.54) is 25.2 Å². The number of carbonyl (C=O) groups is 2. The molecule has 4 rings (SSSR count). The molecule has 164 valence electrons. The number of hydrogen-bond donors (Lipinski definition) is 0. The molecular weight excluding hydrogens is 403 g/mol. The van der Waals surface area contributed by atoms with Crippen LogP contribution in [0.3, 0.4) is 0 Å². The van der Waals surface area contributed by atoms with Gasteiger partial charge in [0, 0.05) is 31.3 Å². The molecule has 2 aliphatic rings. The molecule has 2 amide bonds. The van der Waals surface area contributed by atoms with Gasteiger partial charge in [0.1, 0.15) is 5.82 Å². The summed E-state index contributed by atoms with van der Waals surface area (Å²) in [7, 11) is 4.58. The van der Waals surface area contributed by atoms with Gasteiger partial charge in [0.25, 0.3) is 5.91 Å². The number of morpholine rings is 1. The van der Waals surface area contributed by atoms with Gasteiger partial charge in [-0.05, 0) is 23.8 Å². The number of carbonyl (C=O) groups excluding carboxylic acids is 2. The number of ether oxygens (including phenoxy) is 3. The molecule has 2 atom stereocenters. The van der Waals surface area contributed by atoms with Crippen LogP contribution < -0.4 is 9.47 Å². The molecule has 0 radical (unpaired) electrons. The fraction of sp³-hybridized carbons (Fsp3) is 0.391. The van der Waals surface area contributed by atoms with Gasteiger partial charge in [0.2, 0.25) is 5.91 Å². The van der Waals surface area contributed by atoms with Crippen molar-refractivity contribution in [2.24, 2.45) is 0 Å². The van der Waals surface area contributed by atoms with Crippen molar-refractivity contribution in [2.75, 3.05) is 47.6 Å². The molecule has 2 heterocycles. The average Bonchev–Trinajstić information content (AvgIpc) is 2.81. The maximum Gasteiger partial charge on any atom is 0.254 e. The van der Waals surface area contributed by atoms with Crippen molar-refractivity contribution >= 4 is 11.8 Å². The molecule has 2 aliphatic heterocycles. The molecule has 1 saturated heterocycles. The minimum Gasteiger partial charge on any atom is -0.493 e. The molecule has 0 bridgehead atoms. The van der Waals surface area contributed by atoms with Crippen LogP contribution in [0.15, 0.2) is 36.4 Å². The third-order valence-corrected chi connectivity index (χ3v) is 5.99. The highest BCUT2D eigenvalue weighted by Crippen LogP contribution is 2.46. The average molecular weight is 428 g/mol. The van der Waals surface area contributed by atoms with Gasteiger partial charge in [-0.25, -0.2) is 4.39 Å². The van der Waals surface area contributed by atoms with Crippen LogP contribution in [0.5, 0.6) is 11.5 Å². The largest absolute Gasteiger partial charge is 0.493 e. The van der Waals surface area contributed by atoms with Crippen molar-refractivity contribution in [3.05, 3.63) is 58.9 Å². The monoisotopic (exact) mass is 428 g/mol. The zero-order valence-corrected chi connectivity index (χ0v) is 17.8. The number of methoxy groups -OCH3 is 2. The molecule has 8 heteroatoms. The molecule has 0 saturated carbocycles. The molecule has 2 unspecified atom stereocenters. The van der Waals surface area contributed by atoms with E-state index in [9.17, 15) is 14.0 Å². The van der Waals surface area contributed by atoms with Crippen LogP contribution in [-0.2, 0) is 9.53 Å². The highest BCUT2D eigenvalue weighted by atomic mass is 19.1. The Hall–Kier alpha value is -3.13. The summed E-state index contributed by atoms with van der Waals surface area (Å²) in [6.07, 6.45) is 0. The van der Waals surface area contributed by atoms with Gasteiger partial charge in [-0.1, -0.05) is 18.2 Å². The highest BCUT2D eigenvalue weighted by molar-refractivity contribution is 6.02. The van der Waals surface area contributed by atoms with Gasteiger partial charge in [-0.2, -0.15) is 0 Å². The van der Waals surface area contributed by atoms with Crippen molar-refractivity contribution in [1.29, 1.82) is 0 Å². The highest BCUT2D eigenvalue weighted by Gasteiger charge is 2.45.